The quantitative estimate of drug-likeness (QED) is 0.638. The van der Waals surface area contributed by atoms with Crippen molar-refractivity contribution in [3.8, 4) is 0 Å². The van der Waals surface area contributed by atoms with Gasteiger partial charge in [0.05, 0.1) is 5.38 Å². The molecule has 0 heterocycles. The van der Waals surface area contributed by atoms with Crippen LogP contribution in [0.1, 0.15) is 34.5 Å². The molecule has 2 unspecified atom stereocenters. The number of aryl methyl sites for hydroxylation is 1. The lowest BCUT2D eigenvalue weighted by molar-refractivity contribution is -0.146. The first-order valence-electron chi connectivity index (χ1n) is 5.05. The van der Waals surface area contributed by atoms with Gasteiger partial charge in [-0.15, -0.1) is 11.6 Å². The number of carbonyl (C=O) groups is 2. The van der Waals surface area contributed by atoms with Crippen LogP contribution in [0.25, 0.3) is 0 Å². The third kappa shape index (κ3) is 2.84. The third-order valence-corrected chi connectivity index (χ3v) is 2.64. The van der Waals surface area contributed by atoms with E-state index in [1.807, 2.05) is 0 Å². The predicted octanol–water partition coefficient (Wildman–Crippen LogP) is 1.92. The summed E-state index contributed by atoms with van der Waals surface area (Å²) < 4.78 is 0. The van der Waals surface area contributed by atoms with Crippen LogP contribution in [0.15, 0.2) is 18.2 Å². The number of hydrogen-bond donors (Lipinski definition) is 2. The van der Waals surface area contributed by atoms with Crippen LogP contribution in [-0.4, -0.2) is 27.3 Å². The summed E-state index contributed by atoms with van der Waals surface area (Å²) in [6, 6.07) is 4.68. The molecule has 0 amide bonds. The fraction of sp³-hybridized carbons (Fsp3) is 0.333. The van der Waals surface area contributed by atoms with Gasteiger partial charge >= 0.3 is 5.97 Å². The van der Waals surface area contributed by atoms with Crippen LogP contribution in [0, 0.1) is 6.92 Å². The average molecular weight is 257 g/mol. The molecular weight excluding hydrogens is 244 g/mol. The Bertz CT molecular complexity index is 454. The summed E-state index contributed by atoms with van der Waals surface area (Å²) in [5, 5.41) is 17.5. The molecule has 0 radical (unpaired) electrons. The van der Waals surface area contributed by atoms with Gasteiger partial charge in [-0.1, -0.05) is 18.2 Å². The number of carboxylic acids is 1. The highest BCUT2D eigenvalue weighted by atomic mass is 35.5. The van der Waals surface area contributed by atoms with Crippen molar-refractivity contribution >= 4 is 23.4 Å². The van der Waals surface area contributed by atoms with Crippen molar-refractivity contribution in [2.24, 2.45) is 0 Å². The van der Waals surface area contributed by atoms with Crippen molar-refractivity contribution < 1.29 is 19.8 Å². The second kappa shape index (κ2) is 5.29. The molecule has 5 heteroatoms. The summed E-state index contributed by atoms with van der Waals surface area (Å²) in [6.07, 6.45) is -1.72. The first-order chi connectivity index (χ1) is 7.86. The normalized spacial score (nSPS) is 14.1. The molecule has 0 bridgehead atoms. The van der Waals surface area contributed by atoms with Gasteiger partial charge in [0.1, 0.15) is 0 Å². The van der Waals surface area contributed by atoms with E-state index in [1.165, 1.54) is 13.0 Å². The molecule has 92 valence electrons. The lowest BCUT2D eigenvalue weighted by atomic mass is 9.93. The van der Waals surface area contributed by atoms with E-state index in [-0.39, 0.29) is 16.9 Å². The Hall–Kier alpha value is -1.39. The Morgan fingerprint density at radius 2 is 1.94 bits per heavy atom. The summed E-state index contributed by atoms with van der Waals surface area (Å²) in [7, 11) is 0. The lowest BCUT2D eigenvalue weighted by Gasteiger charge is -2.14. The molecule has 0 aliphatic heterocycles. The zero-order valence-corrected chi connectivity index (χ0v) is 10.2. The van der Waals surface area contributed by atoms with E-state index in [9.17, 15) is 14.7 Å². The van der Waals surface area contributed by atoms with E-state index >= 15 is 0 Å². The summed E-state index contributed by atoms with van der Waals surface area (Å²) in [4.78, 5) is 22.6. The van der Waals surface area contributed by atoms with Crippen LogP contribution in [0.2, 0.25) is 0 Å². The second-order valence-corrected chi connectivity index (χ2v) is 4.41. The molecular formula is C12H13ClO4. The highest BCUT2D eigenvalue weighted by Gasteiger charge is 2.25. The van der Waals surface area contributed by atoms with Crippen molar-refractivity contribution in [2.75, 3.05) is 0 Å². The number of aliphatic hydroxyl groups is 1. The largest absolute Gasteiger partial charge is 0.479 e. The maximum atomic E-state index is 11.9. The van der Waals surface area contributed by atoms with Gasteiger partial charge in [0.15, 0.2) is 11.9 Å². The van der Waals surface area contributed by atoms with Gasteiger partial charge in [-0.25, -0.2) is 4.79 Å². The number of Topliss-reactive ketones (excluding diaryl/α,β-unsaturated/α-hetero) is 1. The van der Waals surface area contributed by atoms with E-state index in [2.05, 4.69) is 0 Å². The fourth-order valence-electron chi connectivity index (χ4n) is 1.59. The second-order valence-electron chi connectivity index (χ2n) is 3.76. The standard InChI is InChI=1S/C12H13ClO4/c1-6-4-3-5-8(11(15)12(16)17)9(6)10(14)7(2)13/h3-5,7,11,15H,1-2H3,(H,16,17). The fourth-order valence-corrected chi connectivity index (χ4v) is 1.70. The highest BCUT2D eigenvalue weighted by Crippen LogP contribution is 2.24. The molecule has 0 aliphatic rings. The molecule has 2 N–H and O–H groups in total. The van der Waals surface area contributed by atoms with Gasteiger partial charge in [0.2, 0.25) is 0 Å². The maximum absolute atomic E-state index is 11.9. The number of benzene rings is 1. The molecule has 4 nitrogen and oxygen atoms in total. The van der Waals surface area contributed by atoms with Gasteiger partial charge in [-0.2, -0.15) is 0 Å². The number of aliphatic carboxylic acids is 1. The third-order valence-electron chi connectivity index (χ3n) is 2.44. The lowest BCUT2D eigenvalue weighted by Crippen LogP contribution is -2.19. The number of ketones is 1. The monoisotopic (exact) mass is 256 g/mol. The Morgan fingerprint density at radius 3 is 2.41 bits per heavy atom. The number of hydrogen-bond acceptors (Lipinski definition) is 3. The zero-order valence-electron chi connectivity index (χ0n) is 9.48. The molecule has 0 saturated carbocycles. The van der Waals surface area contributed by atoms with Crippen LogP contribution in [0.5, 0.6) is 0 Å². The highest BCUT2D eigenvalue weighted by molar-refractivity contribution is 6.34. The van der Waals surface area contributed by atoms with Gasteiger partial charge in [0, 0.05) is 11.1 Å². The Balaban J connectivity index is 3.36. The summed E-state index contributed by atoms with van der Waals surface area (Å²) in [5.41, 5.74) is 0.861. The summed E-state index contributed by atoms with van der Waals surface area (Å²) in [6.45, 7) is 3.18. The molecule has 0 saturated heterocycles. The maximum Gasteiger partial charge on any atom is 0.337 e. The van der Waals surface area contributed by atoms with Crippen molar-refractivity contribution in [3.05, 3.63) is 34.9 Å². The smallest absolute Gasteiger partial charge is 0.337 e. The molecule has 1 aromatic rings. The van der Waals surface area contributed by atoms with Crippen LogP contribution in [-0.2, 0) is 4.79 Å². The van der Waals surface area contributed by atoms with Crippen LogP contribution < -0.4 is 0 Å². The van der Waals surface area contributed by atoms with Crippen LogP contribution in [0.3, 0.4) is 0 Å². The number of carbonyl (C=O) groups excluding carboxylic acids is 1. The molecule has 1 rings (SSSR count). The Kier molecular flexibility index (Phi) is 4.26. The van der Waals surface area contributed by atoms with E-state index in [0.717, 1.165) is 0 Å². The number of carboxylic acid groups (broad SMARTS) is 1. The summed E-state index contributed by atoms with van der Waals surface area (Å²) >= 11 is 5.71. The summed E-state index contributed by atoms with van der Waals surface area (Å²) in [5.74, 6) is -1.79. The number of aliphatic hydroxyl groups excluding tert-OH is 1. The molecule has 0 spiro atoms. The van der Waals surface area contributed by atoms with E-state index in [0.29, 0.717) is 5.56 Å². The van der Waals surface area contributed by atoms with Crippen molar-refractivity contribution in [3.63, 3.8) is 0 Å². The zero-order chi connectivity index (χ0) is 13.2. The average Bonchev–Trinajstić information content (AvgIpc) is 2.26. The molecule has 17 heavy (non-hydrogen) atoms. The van der Waals surface area contributed by atoms with Gasteiger partial charge in [-0.05, 0) is 19.4 Å². The number of rotatable bonds is 4. The van der Waals surface area contributed by atoms with Crippen molar-refractivity contribution in [2.45, 2.75) is 25.3 Å². The van der Waals surface area contributed by atoms with E-state index < -0.39 is 17.5 Å². The molecule has 0 aliphatic carbocycles. The number of alkyl halides is 1. The van der Waals surface area contributed by atoms with E-state index in [4.69, 9.17) is 16.7 Å². The Morgan fingerprint density at radius 1 is 1.35 bits per heavy atom. The first-order valence-corrected chi connectivity index (χ1v) is 5.48. The number of halogens is 1. The molecule has 2 atom stereocenters. The minimum atomic E-state index is -1.72. The molecule has 0 fully saturated rings. The van der Waals surface area contributed by atoms with Crippen LogP contribution >= 0.6 is 11.6 Å². The minimum absolute atomic E-state index is 0.0787. The predicted molar refractivity (Wildman–Crippen MR) is 63.4 cm³/mol. The van der Waals surface area contributed by atoms with Crippen LogP contribution in [0.4, 0.5) is 0 Å². The Labute approximate surface area is 104 Å². The molecule has 1 aromatic carbocycles. The first kappa shape index (κ1) is 13.7. The van der Waals surface area contributed by atoms with Gasteiger partial charge in [-0.3, -0.25) is 4.79 Å². The van der Waals surface area contributed by atoms with Gasteiger partial charge in [0.25, 0.3) is 0 Å². The minimum Gasteiger partial charge on any atom is -0.479 e. The molecule has 0 aromatic heterocycles. The van der Waals surface area contributed by atoms with Crippen molar-refractivity contribution in [1.82, 2.24) is 0 Å². The van der Waals surface area contributed by atoms with Crippen molar-refractivity contribution in [1.29, 1.82) is 0 Å². The van der Waals surface area contributed by atoms with E-state index in [1.54, 1.807) is 19.1 Å². The van der Waals surface area contributed by atoms with Gasteiger partial charge < -0.3 is 10.2 Å². The topological polar surface area (TPSA) is 74.6 Å². The SMILES string of the molecule is Cc1cccc(C(O)C(=O)O)c1C(=O)C(C)Cl.